The van der Waals surface area contributed by atoms with Crippen molar-refractivity contribution >= 4 is 11.6 Å². The number of alkyl halides is 1. The maximum Gasteiger partial charge on any atom is 0.260 e. The summed E-state index contributed by atoms with van der Waals surface area (Å²) in [6.45, 7) is 1.58. The van der Waals surface area contributed by atoms with E-state index < -0.39 is 48.7 Å². The van der Waals surface area contributed by atoms with Gasteiger partial charge in [0.25, 0.3) is 5.79 Å². The Kier molecular flexibility index (Phi) is 7.69. The van der Waals surface area contributed by atoms with Crippen LogP contribution in [0.1, 0.15) is 44.6 Å². The van der Waals surface area contributed by atoms with E-state index in [1.807, 2.05) is 6.07 Å². The molecule has 1 spiro atoms. The summed E-state index contributed by atoms with van der Waals surface area (Å²) in [5, 5.41) is 40.4. The van der Waals surface area contributed by atoms with Crippen LogP contribution in [0.4, 0.5) is 0 Å². The molecule has 37 heavy (non-hydrogen) atoms. The van der Waals surface area contributed by atoms with Crippen LogP contribution in [0, 0.1) is 17.8 Å². The Morgan fingerprint density at radius 2 is 1.78 bits per heavy atom. The van der Waals surface area contributed by atoms with E-state index in [1.54, 1.807) is 19.2 Å². The number of ether oxygens (including phenoxy) is 4. The minimum Gasteiger partial charge on any atom is -0.493 e. The van der Waals surface area contributed by atoms with E-state index in [9.17, 15) is 20.4 Å². The molecule has 2 aliphatic carbocycles. The summed E-state index contributed by atoms with van der Waals surface area (Å²) in [5.41, 5.74) is -0.106. The minimum atomic E-state index is -1.57. The van der Waals surface area contributed by atoms with Gasteiger partial charge in [0.15, 0.2) is 17.1 Å². The summed E-state index contributed by atoms with van der Waals surface area (Å²) in [5.74, 6) is 0.180. The molecule has 11 atom stereocenters. The molecule has 1 aromatic rings. The van der Waals surface area contributed by atoms with Gasteiger partial charge in [-0.05, 0) is 61.6 Å². The highest BCUT2D eigenvalue weighted by molar-refractivity contribution is 6.20. The minimum absolute atomic E-state index is 0.0677. The molecular formula is C26H37ClO10. The second-order valence-electron chi connectivity index (χ2n) is 10.7. The molecule has 4 N–H and O–H groups in total. The predicted molar refractivity (Wildman–Crippen MR) is 130 cm³/mol. The van der Waals surface area contributed by atoms with E-state index in [0.717, 1.165) is 32.1 Å². The number of rotatable bonds is 7. The summed E-state index contributed by atoms with van der Waals surface area (Å²) in [6.07, 6.45) is -2.47. The second-order valence-corrected chi connectivity index (χ2v) is 11.3. The van der Waals surface area contributed by atoms with E-state index in [4.69, 9.17) is 40.3 Å². The highest BCUT2D eigenvalue weighted by Crippen LogP contribution is 2.65. The molecule has 2 saturated carbocycles. The molecular weight excluding hydrogens is 508 g/mol. The summed E-state index contributed by atoms with van der Waals surface area (Å²) in [4.78, 5) is 11.9. The van der Waals surface area contributed by atoms with Crippen LogP contribution in [0.15, 0.2) is 18.2 Å². The van der Waals surface area contributed by atoms with Crippen LogP contribution in [0.5, 0.6) is 11.5 Å². The van der Waals surface area contributed by atoms with Gasteiger partial charge in [-0.3, -0.25) is 0 Å². The van der Waals surface area contributed by atoms with Crippen LogP contribution in [-0.4, -0.2) is 82.9 Å². The fraction of sp³-hybridized carbons (Fsp3) is 0.769. The van der Waals surface area contributed by atoms with Gasteiger partial charge in [-0.25, -0.2) is 4.89 Å². The first-order valence-electron chi connectivity index (χ1n) is 13.0. The molecule has 0 aromatic heterocycles. The normalized spacial score (nSPS) is 45.4. The van der Waals surface area contributed by atoms with Gasteiger partial charge in [-0.2, -0.15) is 4.89 Å². The molecule has 2 bridgehead atoms. The Morgan fingerprint density at radius 3 is 2.41 bits per heavy atom. The van der Waals surface area contributed by atoms with Gasteiger partial charge in [0.05, 0.1) is 13.7 Å². The predicted octanol–water partition coefficient (Wildman–Crippen LogP) is 1.83. The summed E-state index contributed by atoms with van der Waals surface area (Å²) < 4.78 is 23.1. The number of halogens is 1. The molecule has 4 fully saturated rings. The third-order valence-electron chi connectivity index (χ3n) is 8.80. The Bertz CT molecular complexity index is 957. The molecule has 11 heteroatoms. The van der Waals surface area contributed by atoms with Gasteiger partial charge in [-0.15, -0.1) is 11.6 Å². The van der Waals surface area contributed by atoms with Crippen molar-refractivity contribution in [3.05, 3.63) is 23.8 Å². The molecule has 1 aromatic carbocycles. The number of methoxy groups -OCH3 is 2. The van der Waals surface area contributed by atoms with Gasteiger partial charge in [0.2, 0.25) is 6.29 Å². The van der Waals surface area contributed by atoms with Crippen LogP contribution < -0.4 is 9.47 Å². The van der Waals surface area contributed by atoms with E-state index in [-0.39, 0.29) is 23.0 Å². The average Bonchev–Trinajstić information content (AvgIpc) is 2.88. The standard InChI is InChI=1S/C26H37ClO10/c1-4-14-7-13-8-16(10-17(27)9-13)25(14)26(33-3,37-36-25)15-5-6-18(32-2)19(11-15)34-24-23(31)22(30)21(29)20(12-28)35-24/h5-6,11,13-14,16-17,20-24,28-31H,4,7-10,12H2,1-3H3/t13?,14?,16?,17?,20-,21+,22+,23-,24-,25?,26?/m1/s1. The lowest BCUT2D eigenvalue weighted by Gasteiger charge is -2.65. The van der Waals surface area contributed by atoms with Gasteiger partial charge in [0, 0.05) is 18.1 Å². The van der Waals surface area contributed by atoms with Crippen LogP contribution in [0.25, 0.3) is 0 Å². The van der Waals surface area contributed by atoms with Crippen molar-refractivity contribution < 1.29 is 49.1 Å². The first-order chi connectivity index (χ1) is 17.7. The zero-order chi connectivity index (χ0) is 26.5. The average molecular weight is 545 g/mol. The van der Waals surface area contributed by atoms with E-state index in [1.165, 1.54) is 7.11 Å². The molecule has 5 rings (SSSR count). The Labute approximate surface area is 221 Å². The van der Waals surface area contributed by atoms with Crippen LogP contribution >= 0.6 is 11.6 Å². The lowest BCUT2D eigenvalue weighted by atomic mass is 9.54. The maximum atomic E-state index is 10.5. The van der Waals surface area contributed by atoms with Gasteiger partial charge < -0.3 is 39.4 Å². The Balaban J connectivity index is 1.51. The Morgan fingerprint density at radius 1 is 1.00 bits per heavy atom. The first-order valence-corrected chi connectivity index (χ1v) is 13.4. The molecule has 0 amide bonds. The third kappa shape index (κ3) is 4.16. The maximum absolute atomic E-state index is 10.5. The molecule has 4 aliphatic rings. The van der Waals surface area contributed by atoms with Crippen LogP contribution in [-0.2, 0) is 25.0 Å². The largest absolute Gasteiger partial charge is 0.493 e. The third-order valence-corrected chi connectivity index (χ3v) is 9.16. The van der Waals surface area contributed by atoms with Gasteiger partial charge >= 0.3 is 0 Å². The van der Waals surface area contributed by atoms with Crippen molar-refractivity contribution in [3.63, 3.8) is 0 Å². The topological polar surface area (TPSA) is 136 Å². The fourth-order valence-electron chi connectivity index (χ4n) is 7.02. The number of aliphatic hydroxyl groups excluding tert-OH is 4. The number of hydrogen-bond donors (Lipinski definition) is 4. The highest BCUT2D eigenvalue weighted by atomic mass is 35.5. The molecule has 10 nitrogen and oxygen atoms in total. The molecule has 2 saturated heterocycles. The fourth-order valence-corrected chi connectivity index (χ4v) is 7.49. The van der Waals surface area contributed by atoms with Crippen molar-refractivity contribution in [1.82, 2.24) is 0 Å². The second kappa shape index (κ2) is 10.4. The quantitative estimate of drug-likeness (QED) is 0.297. The lowest BCUT2D eigenvalue weighted by molar-refractivity contribution is -0.641. The van der Waals surface area contributed by atoms with Crippen molar-refractivity contribution in [2.75, 3.05) is 20.8 Å². The van der Waals surface area contributed by atoms with Crippen molar-refractivity contribution in [2.45, 2.75) is 86.5 Å². The summed E-state index contributed by atoms with van der Waals surface area (Å²) >= 11 is 6.67. The molecule has 208 valence electrons. The zero-order valence-electron chi connectivity index (χ0n) is 21.3. The number of hydrogen-bond acceptors (Lipinski definition) is 10. The number of aliphatic hydroxyl groups is 4. The van der Waals surface area contributed by atoms with E-state index in [0.29, 0.717) is 17.2 Å². The summed E-state index contributed by atoms with van der Waals surface area (Å²) in [7, 11) is 3.06. The van der Waals surface area contributed by atoms with Crippen molar-refractivity contribution in [2.24, 2.45) is 17.8 Å². The van der Waals surface area contributed by atoms with E-state index >= 15 is 0 Å². The highest BCUT2D eigenvalue weighted by Gasteiger charge is 2.74. The molecule has 0 radical (unpaired) electrons. The number of fused-ring (bicyclic) bond motifs is 3. The van der Waals surface area contributed by atoms with Gasteiger partial charge in [0.1, 0.15) is 24.4 Å². The lowest BCUT2D eigenvalue weighted by Crippen LogP contribution is -2.74. The van der Waals surface area contributed by atoms with Crippen LogP contribution in [0.3, 0.4) is 0 Å². The first kappa shape index (κ1) is 27.4. The summed E-state index contributed by atoms with van der Waals surface area (Å²) in [6, 6.07) is 5.21. The SMILES string of the molecule is CCC1CC2CC(Cl)CC(C2)C12OOC2(OC)c1ccc(OC)c(O[C@@H]2O[C@H](CO)[C@H](O)[C@H](O)[C@H]2O)c1. The van der Waals surface area contributed by atoms with Crippen molar-refractivity contribution in [1.29, 1.82) is 0 Å². The van der Waals surface area contributed by atoms with Gasteiger partial charge in [-0.1, -0.05) is 13.3 Å². The molecule has 2 heterocycles. The number of benzene rings is 1. The van der Waals surface area contributed by atoms with Crippen molar-refractivity contribution in [3.8, 4) is 11.5 Å². The molecule has 2 aliphatic heterocycles. The smallest absolute Gasteiger partial charge is 0.260 e. The molecule has 6 unspecified atom stereocenters. The monoisotopic (exact) mass is 544 g/mol. The van der Waals surface area contributed by atoms with E-state index in [2.05, 4.69) is 6.92 Å². The Hall–Kier alpha value is -1.21. The van der Waals surface area contributed by atoms with Crippen LogP contribution in [0.2, 0.25) is 0 Å². The zero-order valence-corrected chi connectivity index (χ0v) is 22.0.